The summed E-state index contributed by atoms with van der Waals surface area (Å²) in [6.45, 7) is 3.95. The highest BCUT2D eigenvalue weighted by Gasteiger charge is 2.23. The Morgan fingerprint density at radius 1 is 1.08 bits per heavy atom. The lowest BCUT2D eigenvalue weighted by Gasteiger charge is -2.34. The van der Waals surface area contributed by atoms with Crippen LogP contribution in [0.4, 0.5) is 34.5 Å². The summed E-state index contributed by atoms with van der Waals surface area (Å²) in [4.78, 5) is 13.5. The number of para-hydroxylation sites is 1. The minimum atomic E-state index is -3.38. The van der Waals surface area contributed by atoms with Crippen LogP contribution in [-0.2, 0) is 16.4 Å². The molecule has 10 nitrogen and oxygen atoms in total. The van der Waals surface area contributed by atoms with Gasteiger partial charge >= 0.3 is 0 Å². The van der Waals surface area contributed by atoms with Crippen molar-refractivity contribution >= 4 is 56.1 Å². The highest BCUT2D eigenvalue weighted by atomic mass is 35.5. The molecule has 0 atom stereocenters. The molecule has 2 aromatic carbocycles. The molecule has 1 fully saturated rings. The number of nitrogens with one attached hydrogen (secondary N) is 3. The molecule has 1 saturated heterocycles. The van der Waals surface area contributed by atoms with E-state index in [1.54, 1.807) is 13.2 Å². The Balaban J connectivity index is 1.38. The maximum Gasteiger partial charge on any atom is 0.233 e. The number of piperazine rings is 1. The third-order valence-electron chi connectivity index (χ3n) is 6.35. The quantitative estimate of drug-likeness (QED) is 0.440. The molecule has 3 aromatic rings. The molecule has 190 valence electrons. The van der Waals surface area contributed by atoms with Crippen LogP contribution in [0.15, 0.2) is 42.6 Å². The molecule has 2 aliphatic rings. The van der Waals surface area contributed by atoms with E-state index in [4.69, 9.17) is 16.3 Å². The fourth-order valence-corrected chi connectivity index (χ4v) is 5.57. The molecule has 2 aliphatic heterocycles. The maximum atomic E-state index is 12.1. The smallest absolute Gasteiger partial charge is 0.233 e. The molecular weight excluding hydrogens is 502 g/mol. The van der Waals surface area contributed by atoms with E-state index in [1.165, 1.54) is 6.20 Å². The van der Waals surface area contributed by atoms with Crippen molar-refractivity contribution in [1.82, 2.24) is 14.9 Å². The number of nitrogens with zero attached hydrogens (tertiary/aromatic N) is 4. The lowest BCUT2D eigenvalue weighted by molar-refractivity contribution is 0.312. The predicted molar refractivity (Wildman–Crippen MR) is 144 cm³/mol. The van der Waals surface area contributed by atoms with Gasteiger partial charge in [-0.3, -0.25) is 4.72 Å². The average Bonchev–Trinajstić information content (AvgIpc) is 2.87. The zero-order chi connectivity index (χ0) is 25.3. The standard InChI is InChI=1S/C24H28ClN7O3S/c1-31-9-11-32(12-10-31)17-6-7-19(21(14-17)35-2)28-24-26-15-18(25)23(29-24)27-20-5-3-4-16-8-13-36(33,34)30-22(16)20/h3-7,14-15,30H,8-13H2,1-2H3,(H2,26,27,28,29). The van der Waals surface area contributed by atoms with Gasteiger partial charge in [0.05, 0.1) is 36.1 Å². The number of benzene rings is 2. The molecule has 0 radical (unpaired) electrons. The molecule has 3 heterocycles. The normalized spacial score (nSPS) is 17.1. The van der Waals surface area contributed by atoms with E-state index in [0.29, 0.717) is 46.0 Å². The van der Waals surface area contributed by atoms with Crippen LogP contribution in [0.3, 0.4) is 0 Å². The zero-order valence-electron chi connectivity index (χ0n) is 20.1. The average molecular weight is 530 g/mol. The number of likely N-dealkylation sites (N-methyl/N-ethyl adjacent to an activating group) is 1. The van der Waals surface area contributed by atoms with Gasteiger partial charge in [-0.15, -0.1) is 0 Å². The van der Waals surface area contributed by atoms with Gasteiger partial charge in [0.25, 0.3) is 0 Å². The zero-order valence-corrected chi connectivity index (χ0v) is 21.7. The number of hydrogen-bond acceptors (Lipinski definition) is 9. The number of hydrogen-bond donors (Lipinski definition) is 3. The van der Waals surface area contributed by atoms with Gasteiger partial charge in [-0.2, -0.15) is 4.98 Å². The van der Waals surface area contributed by atoms with Gasteiger partial charge < -0.3 is 25.2 Å². The van der Waals surface area contributed by atoms with Crippen LogP contribution < -0.4 is 25.0 Å². The second-order valence-corrected chi connectivity index (χ2v) is 11.1. The molecule has 36 heavy (non-hydrogen) atoms. The molecule has 1 aromatic heterocycles. The van der Waals surface area contributed by atoms with Crippen LogP contribution in [0.2, 0.25) is 5.02 Å². The number of halogens is 1. The number of aryl methyl sites for hydroxylation is 1. The van der Waals surface area contributed by atoms with Crippen LogP contribution in [0.5, 0.6) is 5.75 Å². The number of rotatable bonds is 6. The monoisotopic (exact) mass is 529 g/mol. The number of ether oxygens (including phenoxy) is 1. The Bertz CT molecular complexity index is 1380. The molecule has 0 unspecified atom stereocenters. The van der Waals surface area contributed by atoms with E-state index in [1.807, 2.05) is 30.3 Å². The molecule has 0 bridgehead atoms. The van der Waals surface area contributed by atoms with E-state index in [0.717, 1.165) is 37.4 Å². The van der Waals surface area contributed by atoms with Gasteiger partial charge in [0.15, 0.2) is 5.82 Å². The molecule has 12 heteroatoms. The number of methoxy groups -OCH3 is 1. The van der Waals surface area contributed by atoms with Gasteiger partial charge in [0.2, 0.25) is 16.0 Å². The minimum absolute atomic E-state index is 0.0568. The summed E-state index contributed by atoms with van der Waals surface area (Å²) in [6.07, 6.45) is 1.93. The van der Waals surface area contributed by atoms with Crippen molar-refractivity contribution in [3.05, 3.63) is 53.2 Å². The first kappa shape index (κ1) is 24.4. The maximum absolute atomic E-state index is 12.1. The van der Waals surface area contributed by atoms with Crippen molar-refractivity contribution in [2.75, 3.05) is 66.3 Å². The summed E-state index contributed by atoms with van der Waals surface area (Å²) in [5, 5.41) is 6.66. The largest absolute Gasteiger partial charge is 0.494 e. The van der Waals surface area contributed by atoms with E-state index < -0.39 is 10.0 Å². The van der Waals surface area contributed by atoms with Crippen LogP contribution in [0.25, 0.3) is 0 Å². The van der Waals surface area contributed by atoms with Crippen LogP contribution in [-0.4, -0.2) is 69.4 Å². The summed E-state index contributed by atoms with van der Waals surface area (Å²) in [6, 6.07) is 11.5. The van der Waals surface area contributed by atoms with Crippen LogP contribution in [0, 0.1) is 0 Å². The molecule has 0 amide bonds. The Kier molecular flexibility index (Phi) is 6.78. The van der Waals surface area contributed by atoms with Gasteiger partial charge in [-0.05, 0) is 37.2 Å². The first-order valence-corrected chi connectivity index (χ1v) is 13.6. The molecule has 5 rings (SSSR count). The fourth-order valence-electron chi connectivity index (χ4n) is 4.29. The van der Waals surface area contributed by atoms with E-state index in [9.17, 15) is 8.42 Å². The van der Waals surface area contributed by atoms with Crippen molar-refractivity contribution < 1.29 is 13.2 Å². The van der Waals surface area contributed by atoms with Crippen molar-refractivity contribution in [2.45, 2.75) is 6.42 Å². The van der Waals surface area contributed by atoms with Gasteiger partial charge in [-0.25, -0.2) is 13.4 Å². The Labute approximate surface area is 215 Å². The van der Waals surface area contributed by atoms with Gasteiger partial charge in [0.1, 0.15) is 10.8 Å². The van der Waals surface area contributed by atoms with Crippen molar-refractivity contribution in [2.24, 2.45) is 0 Å². The molecule has 0 aliphatic carbocycles. The van der Waals surface area contributed by atoms with E-state index >= 15 is 0 Å². The lowest BCUT2D eigenvalue weighted by Crippen LogP contribution is -2.44. The molecule has 0 spiro atoms. The number of sulfonamides is 1. The number of aromatic nitrogens is 2. The van der Waals surface area contributed by atoms with Gasteiger partial charge in [-0.1, -0.05) is 23.7 Å². The van der Waals surface area contributed by atoms with Crippen LogP contribution >= 0.6 is 11.6 Å². The van der Waals surface area contributed by atoms with Crippen molar-refractivity contribution in [3.8, 4) is 5.75 Å². The Morgan fingerprint density at radius 2 is 1.89 bits per heavy atom. The predicted octanol–water partition coefficient (Wildman–Crippen LogP) is 3.68. The summed E-state index contributed by atoms with van der Waals surface area (Å²) < 4.78 is 32.5. The lowest BCUT2D eigenvalue weighted by atomic mass is 10.1. The molecule has 0 saturated carbocycles. The SMILES string of the molecule is COc1cc(N2CCN(C)CC2)ccc1Nc1ncc(Cl)c(Nc2cccc3c2NS(=O)(=O)CC3)n1. The number of fused-ring (bicyclic) bond motifs is 1. The second-order valence-electron chi connectivity index (χ2n) is 8.83. The van der Waals surface area contributed by atoms with E-state index in [-0.39, 0.29) is 5.75 Å². The third kappa shape index (κ3) is 5.28. The summed E-state index contributed by atoms with van der Waals surface area (Å²) in [5.41, 5.74) is 3.80. The Morgan fingerprint density at radius 3 is 2.67 bits per heavy atom. The summed E-state index contributed by atoms with van der Waals surface area (Å²) in [5.74, 6) is 1.39. The fraction of sp³-hybridized carbons (Fsp3) is 0.333. The second kappa shape index (κ2) is 10.00. The van der Waals surface area contributed by atoms with Crippen LogP contribution in [0.1, 0.15) is 5.56 Å². The highest BCUT2D eigenvalue weighted by Crippen LogP contribution is 2.36. The molecular formula is C24H28ClN7O3S. The first-order valence-electron chi connectivity index (χ1n) is 11.6. The summed E-state index contributed by atoms with van der Waals surface area (Å²) in [7, 11) is 0.379. The third-order valence-corrected chi connectivity index (χ3v) is 7.88. The van der Waals surface area contributed by atoms with E-state index in [2.05, 4.69) is 42.2 Å². The topological polar surface area (TPSA) is 112 Å². The first-order chi connectivity index (χ1) is 17.3. The summed E-state index contributed by atoms with van der Waals surface area (Å²) >= 11 is 6.38. The van der Waals surface area contributed by atoms with Gasteiger partial charge in [0, 0.05) is 37.9 Å². The minimum Gasteiger partial charge on any atom is -0.494 e. The Hall–Kier alpha value is -3.28. The van der Waals surface area contributed by atoms with Crippen molar-refractivity contribution in [1.29, 1.82) is 0 Å². The van der Waals surface area contributed by atoms with Crippen molar-refractivity contribution in [3.63, 3.8) is 0 Å². The molecule has 3 N–H and O–H groups in total. The highest BCUT2D eigenvalue weighted by molar-refractivity contribution is 7.92. The number of anilines is 6.